The molecule has 2 N–H and O–H groups in total. The SMILES string of the molecule is CC[C@H](C)[C@H](NC(=O)C1CCN(c2ncccn2)CC1)C(=O)O. The first kappa shape index (κ1) is 17.2. The van der Waals surface area contributed by atoms with Gasteiger partial charge >= 0.3 is 5.97 Å². The first-order chi connectivity index (χ1) is 11.0. The first-order valence-corrected chi connectivity index (χ1v) is 8.08. The third-order valence-electron chi connectivity index (χ3n) is 4.48. The van der Waals surface area contributed by atoms with E-state index in [4.69, 9.17) is 0 Å². The van der Waals surface area contributed by atoms with Gasteiger partial charge < -0.3 is 15.3 Å². The molecule has 2 heterocycles. The second kappa shape index (κ2) is 7.89. The number of anilines is 1. The number of aliphatic carboxylic acids is 1. The molecule has 2 atom stereocenters. The van der Waals surface area contributed by atoms with Gasteiger partial charge in [-0.2, -0.15) is 0 Å². The van der Waals surface area contributed by atoms with Gasteiger partial charge in [-0.3, -0.25) is 4.79 Å². The molecule has 1 aliphatic heterocycles. The zero-order chi connectivity index (χ0) is 16.8. The lowest BCUT2D eigenvalue weighted by Crippen LogP contribution is -2.49. The molecule has 23 heavy (non-hydrogen) atoms. The van der Waals surface area contributed by atoms with E-state index < -0.39 is 12.0 Å². The van der Waals surface area contributed by atoms with E-state index in [1.54, 1.807) is 18.5 Å². The van der Waals surface area contributed by atoms with Crippen LogP contribution in [0, 0.1) is 11.8 Å². The van der Waals surface area contributed by atoms with Gasteiger partial charge in [-0.1, -0.05) is 20.3 Å². The highest BCUT2D eigenvalue weighted by atomic mass is 16.4. The summed E-state index contributed by atoms with van der Waals surface area (Å²) in [7, 11) is 0. The normalized spacial score (nSPS) is 18.3. The van der Waals surface area contributed by atoms with Crippen LogP contribution in [0.15, 0.2) is 18.5 Å². The minimum Gasteiger partial charge on any atom is -0.480 e. The highest BCUT2D eigenvalue weighted by Gasteiger charge is 2.31. The maximum absolute atomic E-state index is 12.4. The molecule has 126 valence electrons. The van der Waals surface area contributed by atoms with Crippen molar-refractivity contribution in [3.63, 3.8) is 0 Å². The fraction of sp³-hybridized carbons (Fsp3) is 0.625. The minimum atomic E-state index is -0.970. The summed E-state index contributed by atoms with van der Waals surface area (Å²) in [5, 5.41) is 12.0. The largest absolute Gasteiger partial charge is 0.480 e. The summed E-state index contributed by atoms with van der Waals surface area (Å²) in [4.78, 5) is 34.1. The van der Waals surface area contributed by atoms with Crippen LogP contribution in [0.25, 0.3) is 0 Å². The number of nitrogens with zero attached hydrogens (tertiary/aromatic N) is 3. The Balaban J connectivity index is 1.89. The van der Waals surface area contributed by atoms with Crippen LogP contribution in [0.3, 0.4) is 0 Å². The molecule has 1 aliphatic rings. The Morgan fingerprint density at radius 1 is 1.35 bits per heavy atom. The van der Waals surface area contributed by atoms with Crippen molar-refractivity contribution >= 4 is 17.8 Å². The third-order valence-corrected chi connectivity index (χ3v) is 4.48. The fourth-order valence-electron chi connectivity index (χ4n) is 2.75. The smallest absolute Gasteiger partial charge is 0.326 e. The molecular formula is C16H24N4O3. The van der Waals surface area contributed by atoms with E-state index in [-0.39, 0.29) is 17.7 Å². The fourth-order valence-corrected chi connectivity index (χ4v) is 2.75. The summed E-state index contributed by atoms with van der Waals surface area (Å²) in [6.07, 6.45) is 5.46. The molecule has 7 heteroatoms. The van der Waals surface area contributed by atoms with Gasteiger partial charge in [0, 0.05) is 31.4 Å². The van der Waals surface area contributed by atoms with Crippen molar-refractivity contribution in [2.45, 2.75) is 39.2 Å². The molecule has 0 spiro atoms. The number of aromatic nitrogens is 2. The molecule has 2 rings (SSSR count). The molecule has 1 fully saturated rings. The van der Waals surface area contributed by atoms with Gasteiger partial charge in [0.25, 0.3) is 0 Å². The van der Waals surface area contributed by atoms with E-state index in [2.05, 4.69) is 15.3 Å². The number of carbonyl (C=O) groups is 2. The van der Waals surface area contributed by atoms with Crippen LogP contribution >= 0.6 is 0 Å². The standard InChI is InChI=1S/C16H24N4O3/c1-3-11(2)13(15(22)23)19-14(21)12-5-9-20(10-6-12)16-17-7-4-8-18-16/h4,7-8,11-13H,3,5-6,9-10H2,1-2H3,(H,19,21)(H,22,23)/t11-,13-/m0/s1. The van der Waals surface area contributed by atoms with Crippen LogP contribution in [0.2, 0.25) is 0 Å². The monoisotopic (exact) mass is 320 g/mol. The van der Waals surface area contributed by atoms with Crippen LogP contribution in [0.4, 0.5) is 5.95 Å². The Kier molecular flexibility index (Phi) is 5.90. The van der Waals surface area contributed by atoms with Crippen molar-refractivity contribution in [3.8, 4) is 0 Å². The summed E-state index contributed by atoms with van der Waals surface area (Å²) in [5.41, 5.74) is 0. The minimum absolute atomic E-state index is 0.0887. The molecule has 0 radical (unpaired) electrons. The van der Waals surface area contributed by atoms with Crippen LogP contribution in [-0.4, -0.2) is 46.1 Å². The van der Waals surface area contributed by atoms with Crippen molar-refractivity contribution in [2.24, 2.45) is 11.8 Å². The number of carboxylic acids is 1. The molecule has 1 aromatic rings. The van der Waals surface area contributed by atoms with Crippen LogP contribution in [0.1, 0.15) is 33.1 Å². The molecule has 0 bridgehead atoms. The Labute approximate surface area is 136 Å². The predicted molar refractivity (Wildman–Crippen MR) is 86.0 cm³/mol. The number of hydrogen-bond donors (Lipinski definition) is 2. The molecular weight excluding hydrogens is 296 g/mol. The Hall–Kier alpha value is -2.18. The molecule has 0 aliphatic carbocycles. The molecule has 0 unspecified atom stereocenters. The van der Waals surface area contributed by atoms with Gasteiger partial charge in [0.1, 0.15) is 6.04 Å². The van der Waals surface area contributed by atoms with Gasteiger partial charge in [0.2, 0.25) is 11.9 Å². The molecule has 1 saturated heterocycles. The van der Waals surface area contributed by atoms with E-state index in [0.29, 0.717) is 38.3 Å². The zero-order valence-corrected chi connectivity index (χ0v) is 13.6. The summed E-state index contributed by atoms with van der Waals surface area (Å²) < 4.78 is 0. The number of nitrogens with one attached hydrogen (secondary N) is 1. The highest BCUT2D eigenvalue weighted by molar-refractivity contribution is 5.85. The topological polar surface area (TPSA) is 95.4 Å². The van der Waals surface area contributed by atoms with Gasteiger partial charge in [0.05, 0.1) is 0 Å². The molecule has 7 nitrogen and oxygen atoms in total. The number of carboxylic acid groups (broad SMARTS) is 1. The van der Waals surface area contributed by atoms with Gasteiger partial charge in [-0.25, -0.2) is 14.8 Å². The Morgan fingerprint density at radius 2 is 1.96 bits per heavy atom. The molecule has 1 amide bonds. The second-order valence-corrected chi connectivity index (χ2v) is 6.02. The van der Waals surface area contributed by atoms with E-state index in [9.17, 15) is 14.7 Å². The maximum atomic E-state index is 12.4. The number of carbonyl (C=O) groups excluding carboxylic acids is 1. The Morgan fingerprint density at radius 3 is 2.48 bits per heavy atom. The van der Waals surface area contributed by atoms with E-state index in [0.717, 1.165) is 0 Å². The van der Waals surface area contributed by atoms with Crippen LogP contribution < -0.4 is 10.2 Å². The summed E-state index contributed by atoms with van der Waals surface area (Å²) in [5.74, 6) is -0.696. The predicted octanol–water partition coefficient (Wildman–Crippen LogP) is 1.31. The number of amides is 1. The molecule has 0 saturated carbocycles. The van der Waals surface area contributed by atoms with E-state index in [1.807, 2.05) is 18.7 Å². The van der Waals surface area contributed by atoms with Gasteiger partial charge in [0.15, 0.2) is 0 Å². The van der Waals surface area contributed by atoms with E-state index >= 15 is 0 Å². The summed E-state index contributed by atoms with van der Waals surface area (Å²) in [6, 6.07) is 0.952. The second-order valence-electron chi connectivity index (χ2n) is 6.02. The average Bonchev–Trinajstić information content (AvgIpc) is 2.59. The average molecular weight is 320 g/mol. The lowest BCUT2D eigenvalue weighted by atomic mass is 9.93. The molecule has 0 aromatic carbocycles. The Bertz CT molecular complexity index is 529. The highest BCUT2D eigenvalue weighted by Crippen LogP contribution is 2.21. The zero-order valence-electron chi connectivity index (χ0n) is 13.6. The quantitative estimate of drug-likeness (QED) is 0.820. The summed E-state index contributed by atoms with van der Waals surface area (Å²) >= 11 is 0. The first-order valence-electron chi connectivity index (χ1n) is 8.08. The van der Waals surface area contributed by atoms with Crippen molar-refractivity contribution in [3.05, 3.63) is 18.5 Å². The third kappa shape index (κ3) is 4.40. The van der Waals surface area contributed by atoms with Gasteiger partial charge in [-0.15, -0.1) is 0 Å². The van der Waals surface area contributed by atoms with Crippen molar-refractivity contribution in [2.75, 3.05) is 18.0 Å². The number of piperidine rings is 1. The maximum Gasteiger partial charge on any atom is 0.326 e. The lowest BCUT2D eigenvalue weighted by molar-refractivity contribution is -0.144. The molecule has 1 aromatic heterocycles. The van der Waals surface area contributed by atoms with Crippen molar-refractivity contribution < 1.29 is 14.7 Å². The van der Waals surface area contributed by atoms with Crippen LogP contribution in [0.5, 0.6) is 0 Å². The lowest BCUT2D eigenvalue weighted by Gasteiger charge is -2.32. The summed E-state index contributed by atoms with van der Waals surface area (Å²) in [6.45, 7) is 5.16. The number of hydrogen-bond acceptors (Lipinski definition) is 5. The number of rotatable bonds is 6. The van der Waals surface area contributed by atoms with Crippen molar-refractivity contribution in [1.29, 1.82) is 0 Å². The van der Waals surface area contributed by atoms with Crippen LogP contribution in [-0.2, 0) is 9.59 Å². The van der Waals surface area contributed by atoms with Crippen molar-refractivity contribution in [1.82, 2.24) is 15.3 Å². The van der Waals surface area contributed by atoms with E-state index in [1.165, 1.54) is 0 Å². The van der Waals surface area contributed by atoms with Gasteiger partial charge in [-0.05, 0) is 24.8 Å².